The average molecular weight is 491 g/mol. The number of carbonyl (C=O) groups is 3. The van der Waals surface area contributed by atoms with E-state index in [2.05, 4.69) is 5.32 Å². The highest BCUT2D eigenvalue weighted by atomic mass is 16.6. The number of phenolic OH excluding ortho intramolecular Hbond substituents is 2. The molecular weight excluding hydrogens is 466 g/mol. The van der Waals surface area contributed by atoms with E-state index < -0.39 is 28.5 Å². The average Bonchev–Trinajstić information content (AvgIpc) is 3.14. The molecule has 0 amide bonds. The summed E-state index contributed by atoms with van der Waals surface area (Å²) in [7, 11) is 0. The highest BCUT2D eigenvalue weighted by Crippen LogP contribution is 2.57. The summed E-state index contributed by atoms with van der Waals surface area (Å²) in [6.07, 6.45) is 0.836. The number of hydrogen-bond acceptors (Lipinski definition) is 9. The fourth-order valence-corrected chi connectivity index (χ4v) is 4.88. The third-order valence-electron chi connectivity index (χ3n) is 6.92. The van der Waals surface area contributed by atoms with Gasteiger partial charge < -0.3 is 29.7 Å². The SMILES string of the molecule is CC(=O)c1c(O)c(C)c(O)c2c1OC1=CC(=O)/C(=C(/C)NC[C@@H]3COc4ccccc4O3)C(=O)[C@@]12C. The molecule has 1 aliphatic carbocycles. The van der Waals surface area contributed by atoms with E-state index >= 15 is 0 Å². The summed E-state index contributed by atoms with van der Waals surface area (Å²) in [4.78, 5) is 39.2. The minimum atomic E-state index is -1.56. The summed E-state index contributed by atoms with van der Waals surface area (Å²) in [6.45, 7) is 6.40. The van der Waals surface area contributed by atoms with Gasteiger partial charge in [-0.2, -0.15) is 0 Å². The smallest absolute Gasteiger partial charge is 0.194 e. The van der Waals surface area contributed by atoms with E-state index in [1.807, 2.05) is 18.2 Å². The molecule has 0 fully saturated rings. The zero-order chi connectivity index (χ0) is 25.9. The Hall–Kier alpha value is -4.27. The van der Waals surface area contributed by atoms with Crippen LogP contribution in [0.1, 0.15) is 42.3 Å². The zero-order valence-corrected chi connectivity index (χ0v) is 20.2. The van der Waals surface area contributed by atoms with Crippen LogP contribution in [0.3, 0.4) is 0 Å². The highest BCUT2D eigenvalue weighted by molar-refractivity contribution is 6.31. The number of phenols is 2. The number of para-hydroxylation sites is 2. The normalized spacial score (nSPS) is 23.3. The van der Waals surface area contributed by atoms with Crippen molar-refractivity contribution in [3.63, 3.8) is 0 Å². The quantitative estimate of drug-likeness (QED) is 0.335. The summed E-state index contributed by atoms with van der Waals surface area (Å²) in [5, 5.41) is 24.5. The van der Waals surface area contributed by atoms with Crippen LogP contribution in [0.5, 0.6) is 28.7 Å². The Balaban J connectivity index is 1.49. The van der Waals surface area contributed by atoms with Crippen LogP contribution in [0.2, 0.25) is 0 Å². The van der Waals surface area contributed by atoms with Crippen molar-refractivity contribution in [2.75, 3.05) is 13.2 Å². The van der Waals surface area contributed by atoms with Gasteiger partial charge in [-0.3, -0.25) is 14.4 Å². The standard InChI is InChI=1S/C27H25NO8/c1-12-23(31)21(14(3)29)25-22(24(12)32)27(4)19(36-25)9-16(30)20(26(27)33)13(2)28-10-15-11-34-17-7-5-6-8-18(17)35-15/h5-9,15,28,31-32H,10-11H2,1-4H3/b20-13+/t15-,27+/m1/s1. The number of nitrogens with one attached hydrogen (secondary N) is 1. The van der Waals surface area contributed by atoms with Gasteiger partial charge in [0.05, 0.1) is 17.7 Å². The van der Waals surface area contributed by atoms with E-state index in [0.29, 0.717) is 23.8 Å². The first-order valence-corrected chi connectivity index (χ1v) is 11.5. The molecule has 3 aliphatic rings. The number of aromatic hydroxyl groups is 2. The van der Waals surface area contributed by atoms with E-state index in [1.54, 1.807) is 13.0 Å². The van der Waals surface area contributed by atoms with Gasteiger partial charge in [-0.05, 0) is 39.8 Å². The van der Waals surface area contributed by atoms with Crippen molar-refractivity contribution in [1.29, 1.82) is 0 Å². The monoisotopic (exact) mass is 491 g/mol. The molecule has 186 valence electrons. The molecule has 3 N–H and O–H groups in total. The first kappa shape index (κ1) is 23.5. The fraction of sp³-hybridized carbons (Fsp3) is 0.296. The molecule has 9 nitrogen and oxygen atoms in total. The van der Waals surface area contributed by atoms with Crippen LogP contribution in [-0.4, -0.2) is 46.8 Å². The molecule has 2 atom stereocenters. The third kappa shape index (κ3) is 3.26. The van der Waals surface area contributed by atoms with Gasteiger partial charge in [0.25, 0.3) is 0 Å². The molecular formula is C27H25NO8. The number of hydrogen-bond donors (Lipinski definition) is 3. The van der Waals surface area contributed by atoms with Crippen LogP contribution >= 0.6 is 0 Å². The summed E-state index contributed by atoms with van der Waals surface area (Å²) in [6, 6.07) is 7.30. The predicted octanol–water partition coefficient (Wildman–Crippen LogP) is 3.00. The van der Waals surface area contributed by atoms with Gasteiger partial charge in [0.15, 0.2) is 28.8 Å². The largest absolute Gasteiger partial charge is 0.507 e. The number of Topliss-reactive ketones (excluding diaryl/α,β-unsaturated/α-hetero) is 2. The molecule has 2 aliphatic heterocycles. The van der Waals surface area contributed by atoms with Crippen molar-refractivity contribution in [3.8, 4) is 28.7 Å². The minimum absolute atomic E-state index is 0.00697. The molecule has 0 saturated carbocycles. The summed E-state index contributed by atoms with van der Waals surface area (Å²) < 4.78 is 17.4. The lowest BCUT2D eigenvalue weighted by Crippen LogP contribution is -2.42. The molecule has 9 heteroatoms. The molecule has 0 saturated heterocycles. The zero-order valence-electron chi connectivity index (χ0n) is 20.2. The number of benzene rings is 2. The topological polar surface area (TPSA) is 131 Å². The maximum absolute atomic E-state index is 13.8. The maximum Gasteiger partial charge on any atom is 0.194 e. The third-order valence-corrected chi connectivity index (χ3v) is 6.92. The number of fused-ring (bicyclic) bond motifs is 4. The van der Waals surface area contributed by atoms with Crippen molar-refractivity contribution < 1.29 is 38.8 Å². The van der Waals surface area contributed by atoms with Crippen LogP contribution in [-0.2, 0) is 15.0 Å². The molecule has 0 bridgehead atoms. The van der Waals surface area contributed by atoms with Crippen molar-refractivity contribution in [2.45, 2.75) is 39.2 Å². The molecule has 0 radical (unpaired) electrons. The Morgan fingerprint density at radius 1 is 1.14 bits per heavy atom. The minimum Gasteiger partial charge on any atom is -0.507 e. The van der Waals surface area contributed by atoms with Crippen molar-refractivity contribution >= 4 is 17.3 Å². The van der Waals surface area contributed by atoms with Crippen molar-refractivity contribution in [2.24, 2.45) is 0 Å². The Labute approximate surface area is 207 Å². The fourth-order valence-electron chi connectivity index (χ4n) is 4.88. The van der Waals surface area contributed by atoms with Gasteiger partial charge in [0.1, 0.15) is 46.7 Å². The van der Waals surface area contributed by atoms with Crippen LogP contribution in [0.15, 0.2) is 47.4 Å². The van der Waals surface area contributed by atoms with E-state index in [-0.39, 0.29) is 52.2 Å². The van der Waals surface area contributed by atoms with Gasteiger partial charge >= 0.3 is 0 Å². The molecule has 2 heterocycles. The first-order valence-electron chi connectivity index (χ1n) is 11.5. The van der Waals surface area contributed by atoms with Crippen molar-refractivity contribution in [3.05, 3.63) is 64.1 Å². The van der Waals surface area contributed by atoms with Crippen LogP contribution in [0.25, 0.3) is 0 Å². The lowest BCUT2D eigenvalue weighted by atomic mass is 9.70. The summed E-state index contributed by atoms with van der Waals surface area (Å²) >= 11 is 0. The van der Waals surface area contributed by atoms with E-state index in [9.17, 15) is 24.6 Å². The van der Waals surface area contributed by atoms with Crippen molar-refractivity contribution in [1.82, 2.24) is 5.32 Å². The first-order chi connectivity index (χ1) is 17.1. The number of ether oxygens (including phenoxy) is 3. The van der Waals surface area contributed by atoms with E-state index in [4.69, 9.17) is 14.2 Å². The lowest BCUT2D eigenvalue weighted by Gasteiger charge is -2.30. The van der Waals surface area contributed by atoms with Gasteiger partial charge in [-0.1, -0.05) is 12.1 Å². The van der Waals surface area contributed by atoms with Gasteiger partial charge in [-0.15, -0.1) is 0 Å². The van der Waals surface area contributed by atoms with E-state index in [1.165, 1.54) is 26.8 Å². The molecule has 0 unspecified atom stereocenters. The Bertz CT molecular complexity index is 1420. The van der Waals surface area contributed by atoms with Gasteiger partial charge in [0.2, 0.25) is 0 Å². The number of rotatable bonds is 4. The van der Waals surface area contributed by atoms with Crippen LogP contribution in [0.4, 0.5) is 0 Å². The lowest BCUT2D eigenvalue weighted by molar-refractivity contribution is -0.123. The predicted molar refractivity (Wildman–Crippen MR) is 128 cm³/mol. The maximum atomic E-state index is 13.8. The molecule has 0 spiro atoms. The number of ketones is 3. The second-order valence-corrected chi connectivity index (χ2v) is 9.27. The highest BCUT2D eigenvalue weighted by Gasteiger charge is 2.56. The Kier molecular flexibility index (Phi) is 5.31. The second-order valence-electron chi connectivity index (χ2n) is 9.27. The molecule has 0 aromatic heterocycles. The van der Waals surface area contributed by atoms with Gasteiger partial charge in [0, 0.05) is 17.3 Å². The van der Waals surface area contributed by atoms with Crippen LogP contribution < -0.4 is 19.5 Å². The molecule has 2 aromatic rings. The van der Waals surface area contributed by atoms with E-state index in [0.717, 1.165) is 0 Å². The Morgan fingerprint density at radius 3 is 2.53 bits per heavy atom. The molecule has 36 heavy (non-hydrogen) atoms. The number of allylic oxidation sites excluding steroid dienone is 4. The number of carbonyl (C=O) groups excluding carboxylic acids is 3. The summed E-state index contributed by atoms with van der Waals surface area (Å²) in [5.41, 5.74) is -1.37. The summed E-state index contributed by atoms with van der Waals surface area (Å²) in [5.74, 6) is -1.31. The molecule has 2 aromatic carbocycles. The second kappa shape index (κ2) is 8.15. The van der Waals surface area contributed by atoms with Crippen LogP contribution in [0, 0.1) is 6.92 Å². The van der Waals surface area contributed by atoms with Gasteiger partial charge in [-0.25, -0.2) is 0 Å². The molecule has 5 rings (SSSR count). The Morgan fingerprint density at radius 2 is 1.83 bits per heavy atom.